The summed E-state index contributed by atoms with van der Waals surface area (Å²) in [6, 6.07) is 0.278. The summed E-state index contributed by atoms with van der Waals surface area (Å²) in [7, 11) is 0. The lowest BCUT2D eigenvalue weighted by Gasteiger charge is -2.41. The zero-order valence-electron chi connectivity index (χ0n) is 12.3. The summed E-state index contributed by atoms with van der Waals surface area (Å²) in [6.45, 7) is 2.31. The molecule has 3 unspecified atom stereocenters. The maximum atomic E-state index is 12.5. The number of fused-ring (bicyclic) bond motifs is 1. The number of carbonyl (C=O) groups excluding carboxylic acids is 1. The maximum Gasteiger partial charge on any atom is 0.323 e. The summed E-state index contributed by atoms with van der Waals surface area (Å²) < 4.78 is 0. The third-order valence-corrected chi connectivity index (χ3v) is 4.58. The van der Waals surface area contributed by atoms with Gasteiger partial charge < -0.3 is 15.3 Å². The van der Waals surface area contributed by atoms with E-state index in [2.05, 4.69) is 5.32 Å². The predicted molar refractivity (Wildman–Crippen MR) is 76.4 cm³/mol. The minimum atomic E-state index is -0.932. The molecule has 2 aliphatic rings. The first-order valence-electron chi connectivity index (χ1n) is 7.88. The average Bonchev–Trinajstić information content (AvgIpc) is 2.45. The van der Waals surface area contributed by atoms with E-state index in [4.69, 9.17) is 5.11 Å². The van der Waals surface area contributed by atoms with Crippen molar-refractivity contribution in [2.45, 2.75) is 64.0 Å². The van der Waals surface area contributed by atoms with Gasteiger partial charge in [-0.05, 0) is 38.0 Å². The van der Waals surface area contributed by atoms with Crippen molar-refractivity contribution in [3.63, 3.8) is 0 Å². The predicted octanol–water partition coefficient (Wildman–Crippen LogP) is 1.62. The molecule has 114 valence electrons. The van der Waals surface area contributed by atoms with Crippen molar-refractivity contribution in [2.24, 2.45) is 5.92 Å². The summed E-state index contributed by atoms with van der Waals surface area (Å²) in [5.74, 6) is -0.247. The molecule has 1 amide bonds. The van der Waals surface area contributed by atoms with E-state index in [1.807, 2.05) is 6.92 Å². The molecule has 1 heterocycles. The van der Waals surface area contributed by atoms with Gasteiger partial charge in [0.15, 0.2) is 0 Å². The molecule has 2 rings (SSSR count). The van der Waals surface area contributed by atoms with Crippen LogP contribution in [-0.2, 0) is 9.59 Å². The fraction of sp³-hybridized carbons (Fsp3) is 0.867. The monoisotopic (exact) mass is 282 g/mol. The number of piperidine rings is 1. The molecule has 0 spiro atoms. The van der Waals surface area contributed by atoms with Gasteiger partial charge in [-0.2, -0.15) is 0 Å². The topological polar surface area (TPSA) is 69.6 Å². The molecule has 5 heteroatoms. The van der Waals surface area contributed by atoms with Gasteiger partial charge in [-0.15, -0.1) is 0 Å². The first-order chi connectivity index (χ1) is 9.61. The highest BCUT2D eigenvalue weighted by Gasteiger charge is 2.36. The van der Waals surface area contributed by atoms with Gasteiger partial charge in [-0.1, -0.05) is 19.8 Å². The van der Waals surface area contributed by atoms with Crippen LogP contribution in [0, 0.1) is 5.92 Å². The molecule has 2 fully saturated rings. The number of carboxylic acid groups (broad SMARTS) is 1. The van der Waals surface area contributed by atoms with E-state index >= 15 is 0 Å². The Morgan fingerprint density at radius 1 is 1.20 bits per heavy atom. The molecule has 1 aliphatic heterocycles. The van der Waals surface area contributed by atoms with Crippen LogP contribution in [0.15, 0.2) is 0 Å². The van der Waals surface area contributed by atoms with Crippen molar-refractivity contribution in [1.82, 2.24) is 10.2 Å². The Morgan fingerprint density at radius 3 is 2.65 bits per heavy atom. The van der Waals surface area contributed by atoms with Crippen LogP contribution in [0.5, 0.6) is 0 Å². The first-order valence-corrected chi connectivity index (χ1v) is 7.88. The highest BCUT2D eigenvalue weighted by molar-refractivity contribution is 5.85. The molecule has 0 bridgehead atoms. The zero-order valence-corrected chi connectivity index (χ0v) is 12.3. The van der Waals surface area contributed by atoms with E-state index in [-0.39, 0.29) is 18.5 Å². The lowest BCUT2D eigenvalue weighted by atomic mass is 9.77. The lowest BCUT2D eigenvalue weighted by molar-refractivity contribution is -0.146. The van der Waals surface area contributed by atoms with Crippen LogP contribution in [0.4, 0.5) is 0 Å². The van der Waals surface area contributed by atoms with Crippen molar-refractivity contribution in [1.29, 1.82) is 0 Å². The molecule has 1 aliphatic carbocycles. The van der Waals surface area contributed by atoms with Crippen LogP contribution in [0.1, 0.15) is 51.9 Å². The van der Waals surface area contributed by atoms with E-state index in [0.29, 0.717) is 18.5 Å². The Morgan fingerprint density at radius 2 is 1.95 bits per heavy atom. The average molecular weight is 282 g/mol. The standard InChI is InChI=1S/C15H26N2O3/c1-2-9-17(10-14(18)19)15(20)13-8-7-11-5-3-4-6-12(11)16-13/h11-13,16H,2-10H2,1H3,(H,18,19). The number of rotatable bonds is 5. The Bertz CT molecular complexity index is 359. The van der Waals surface area contributed by atoms with Crippen LogP contribution < -0.4 is 5.32 Å². The smallest absolute Gasteiger partial charge is 0.323 e. The fourth-order valence-corrected chi connectivity index (χ4v) is 3.61. The highest BCUT2D eigenvalue weighted by Crippen LogP contribution is 2.32. The quantitative estimate of drug-likeness (QED) is 0.804. The fourth-order valence-electron chi connectivity index (χ4n) is 3.61. The number of nitrogens with one attached hydrogen (secondary N) is 1. The molecule has 1 saturated heterocycles. The van der Waals surface area contributed by atoms with Gasteiger partial charge in [0.2, 0.25) is 5.91 Å². The van der Waals surface area contributed by atoms with Gasteiger partial charge in [0.25, 0.3) is 0 Å². The molecule has 20 heavy (non-hydrogen) atoms. The summed E-state index contributed by atoms with van der Waals surface area (Å²) in [6.07, 6.45) is 7.71. The number of hydrogen-bond acceptors (Lipinski definition) is 3. The van der Waals surface area contributed by atoms with Crippen molar-refractivity contribution < 1.29 is 14.7 Å². The molecule has 2 N–H and O–H groups in total. The Hall–Kier alpha value is -1.10. The number of carboxylic acids is 1. The second-order valence-electron chi connectivity index (χ2n) is 6.10. The molecular weight excluding hydrogens is 256 g/mol. The number of aliphatic carboxylic acids is 1. The molecule has 0 aromatic carbocycles. The van der Waals surface area contributed by atoms with Crippen molar-refractivity contribution >= 4 is 11.9 Å². The van der Waals surface area contributed by atoms with Gasteiger partial charge in [-0.25, -0.2) is 0 Å². The maximum absolute atomic E-state index is 12.5. The molecule has 0 aromatic rings. The Kier molecular flexibility index (Phi) is 5.40. The summed E-state index contributed by atoms with van der Waals surface area (Å²) in [5, 5.41) is 12.4. The van der Waals surface area contributed by atoms with Gasteiger partial charge in [0.1, 0.15) is 6.54 Å². The zero-order chi connectivity index (χ0) is 14.5. The molecule has 0 radical (unpaired) electrons. The Labute approximate surface area is 120 Å². The number of nitrogens with zero attached hydrogens (tertiary/aromatic N) is 1. The van der Waals surface area contributed by atoms with E-state index < -0.39 is 5.97 Å². The van der Waals surface area contributed by atoms with E-state index in [9.17, 15) is 9.59 Å². The minimum Gasteiger partial charge on any atom is -0.480 e. The number of hydrogen-bond donors (Lipinski definition) is 2. The van der Waals surface area contributed by atoms with Crippen LogP contribution in [0.25, 0.3) is 0 Å². The van der Waals surface area contributed by atoms with Crippen molar-refractivity contribution in [3.05, 3.63) is 0 Å². The molecule has 3 atom stereocenters. The van der Waals surface area contributed by atoms with Gasteiger partial charge in [0, 0.05) is 12.6 Å². The van der Waals surface area contributed by atoms with Gasteiger partial charge in [-0.3, -0.25) is 9.59 Å². The van der Waals surface area contributed by atoms with Crippen molar-refractivity contribution in [2.75, 3.05) is 13.1 Å². The summed E-state index contributed by atoms with van der Waals surface area (Å²) >= 11 is 0. The van der Waals surface area contributed by atoms with Crippen molar-refractivity contribution in [3.8, 4) is 0 Å². The number of amides is 1. The molecule has 0 aromatic heterocycles. The molecular formula is C15H26N2O3. The van der Waals surface area contributed by atoms with Gasteiger partial charge in [0.05, 0.1) is 6.04 Å². The molecule has 1 saturated carbocycles. The second kappa shape index (κ2) is 7.07. The normalized spacial score (nSPS) is 29.6. The SMILES string of the molecule is CCCN(CC(=O)O)C(=O)C1CCC2CCCCC2N1. The van der Waals surface area contributed by atoms with E-state index in [0.717, 1.165) is 25.7 Å². The van der Waals surface area contributed by atoms with Crippen LogP contribution in [-0.4, -0.2) is 47.1 Å². The minimum absolute atomic E-state index is 0.0294. The summed E-state index contributed by atoms with van der Waals surface area (Å²) in [5.41, 5.74) is 0. The number of carbonyl (C=O) groups is 2. The lowest BCUT2D eigenvalue weighted by Crippen LogP contribution is -2.56. The van der Waals surface area contributed by atoms with Crippen LogP contribution in [0.3, 0.4) is 0 Å². The second-order valence-corrected chi connectivity index (χ2v) is 6.10. The van der Waals surface area contributed by atoms with E-state index in [1.165, 1.54) is 24.2 Å². The van der Waals surface area contributed by atoms with Gasteiger partial charge >= 0.3 is 5.97 Å². The molecule has 5 nitrogen and oxygen atoms in total. The summed E-state index contributed by atoms with van der Waals surface area (Å²) in [4.78, 5) is 24.9. The van der Waals surface area contributed by atoms with Crippen LogP contribution >= 0.6 is 0 Å². The third kappa shape index (κ3) is 3.72. The van der Waals surface area contributed by atoms with E-state index in [1.54, 1.807) is 0 Å². The first kappa shape index (κ1) is 15.3. The third-order valence-electron chi connectivity index (χ3n) is 4.58. The van der Waals surface area contributed by atoms with Crippen LogP contribution in [0.2, 0.25) is 0 Å². The largest absolute Gasteiger partial charge is 0.480 e. The Balaban J connectivity index is 1.94. The highest BCUT2D eigenvalue weighted by atomic mass is 16.4.